The number of carboxylic acid groups (broad SMARTS) is 1. The molecule has 0 radical (unpaired) electrons. The number of rotatable bonds is 4. The van der Waals surface area contributed by atoms with E-state index < -0.39 is 5.97 Å². The molecule has 1 aliphatic carbocycles. The molecule has 0 spiro atoms. The van der Waals surface area contributed by atoms with E-state index in [2.05, 4.69) is 45.0 Å². The number of aromatic carboxylic acids is 1. The Kier molecular flexibility index (Phi) is 5.92. The zero-order valence-corrected chi connectivity index (χ0v) is 18.9. The standard InChI is InChI=1S/C29H30O3/c1-19-16-25(18-29(2,3)17-19)27(23-12-14-26(30)15-13-23)22-8-4-20(5-9-22)21-6-10-24(11-7-21)28(31)32/h4-15,19,30H,16-18H2,1-3H3,(H,31,32)/b27-25-. The topological polar surface area (TPSA) is 57.5 Å². The predicted molar refractivity (Wildman–Crippen MR) is 130 cm³/mol. The number of benzene rings is 3. The lowest BCUT2D eigenvalue weighted by molar-refractivity contribution is 0.0697. The Hall–Kier alpha value is -3.33. The maximum absolute atomic E-state index is 11.1. The van der Waals surface area contributed by atoms with E-state index in [1.807, 2.05) is 24.3 Å². The van der Waals surface area contributed by atoms with Gasteiger partial charge >= 0.3 is 5.97 Å². The number of aromatic hydroxyl groups is 1. The van der Waals surface area contributed by atoms with E-state index in [9.17, 15) is 9.90 Å². The van der Waals surface area contributed by atoms with Gasteiger partial charge in [-0.15, -0.1) is 0 Å². The van der Waals surface area contributed by atoms with Gasteiger partial charge in [0.05, 0.1) is 5.56 Å². The molecule has 3 aromatic carbocycles. The van der Waals surface area contributed by atoms with Gasteiger partial charge < -0.3 is 10.2 Å². The van der Waals surface area contributed by atoms with Gasteiger partial charge in [0.15, 0.2) is 0 Å². The first-order valence-corrected chi connectivity index (χ1v) is 11.2. The van der Waals surface area contributed by atoms with Crippen molar-refractivity contribution < 1.29 is 15.0 Å². The van der Waals surface area contributed by atoms with Crippen LogP contribution in [0.5, 0.6) is 5.75 Å². The largest absolute Gasteiger partial charge is 0.508 e. The van der Waals surface area contributed by atoms with Crippen LogP contribution >= 0.6 is 0 Å². The minimum absolute atomic E-state index is 0.265. The van der Waals surface area contributed by atoms with Crippen LogP contribution in [0.3, 0.4) is 0 Å². The van der Waals surface area contributed by atoms with Crippen LogP contribution in [0.2, 0.25) is 0 Å². The average Bonchev–Trinajstić information content (AvgIpc) is 2.74. The minimum atomic E-state index is -0.915. The number of hydrogen-bond donors (Lipinski definition) is 2. The second kappa shape index (κ2) is 8.66. The molecule has 32 heavy (non-hydrogen) atoms. The fourth-order valence-corrected chi connectivity index (χ4v) is 5.19. The first-order chi connectivity index (χ1) is 15.2. The molecule has 0 bridgehead atoms. The lowest BCUT2D eigenvalue weighted by atomic mass is 9.68. The quantitative estimate of drug-likeness (QED) is 0.457. The first kappa shape index (κ1) is 21.9. The Balaban J connectivity index is 1.75. The maximum atomic E-state index is 11.1. The molecule has 1 fully saturated rings. The predicted octanol–water partition coefficient (Wildman–Crippen LogP) is 7.41. The summed E-state index contributed by atoms with van der Waals surface area (Å²) < 4.78 is 0. The second-order valence-corrected chi connectivity index (χ2v) is 9.84. The van der Waals surface area contributed by atoms with E-state index in [0.29, 0.717) is 11.5 Å². The van der Waals surface area contributed by atoms with E-state index >= 15 is 0 Å². The Morgan fingerprint density at radius 2 is 1.28 bits per heavy atom. The third kappa shape index (κ3) is 4.77. The summed E-state index contributed by atoms with van der Waals surface area (Å²) in [4.78, 5) is 11.1. The van der Waals surface area contributed by atoms with Crippen molar-refractivity contribution in [2.45, 2.75) is 40.0 Å². The zero-order valence-electron chi connectivity index (χ0n) is 18.9. The van der Waals surface area contributed by atoms with Crippen LogP contribution < -0.4 is 0 Å². The highest BCUT2D eigenvalue weighted by Crippen LogP contribution is 2.45. The summed E-state index contributed by atoms with van der Waals surface area (Å²) in [5, 5.41) is 18.9. The van der Waals surface area contributed by atoms with E-state index in [4.69, 9.17) is 5.11 Å². The van der Waals surface area contributed by atoms with Gasteiger partial charge in [0.1, 0.15) is 5.75 Å². The Labute approximate surface area is 190 Å². The van der Waals surface area contributed by atoms with Gasteiger partial charge in [-0.1, -0.05) is 74.9 Å². The summed E-state index contributed by atoms with van der Waals surface area (Å²) in [7, 11) is 0. The molecule has 4 rings (SSSR count). The summed E-state index contributed by atoms with van der Waals surface area (Å²) in [6.07, 6.45) is 3.37. The third-order valence-corrected chi connectivity index (χ3v) is 6.34. The average molecular weight is 427 g/mol. The fourth-order valence-electron chi connectivity index (χ4n) is 5.19. The van der Waals surface area contributed by atoms with Crippen molar-refractivity contribution in [2.24, 2.45) is 11.3 Å². The van der Waals surface area contributed by atoms with Crippen LogP contribution in [0.4, 0.5) is 0 Å². The second-order valence-electron chi connectivity index (χ2n) is 9.84. The number of hydrogen-bond acceptors (Lipinski definition) is 2. The van der Waals surface area contributed by atoms with Crippen LogP contribution in [0.25, 0.3) is 16.7 Å². The molecule has 164 valence electrons. The normalized spacial score (nSPS) is 19.4. The Morgan fingerprint density at radius 1 is 0.812 bits per heavy atom. The van der Waals surface area contributed by atoms with E-state index in [-0.39, 0.29) is 11.2 Å². The Bertz CT molecular complexity index is 1130. The molecular formula is C29H30O3. The van der Waals surface area contributed by atoms with Crippen LogP contribution in [0, 0.1) is 11.3 Å². The highest BCUT2D eigenvalue weighted by atomic mass is 16.4. The number of phenolic OH excluding ortho intramolecular Hbond substituents is 1. The third-order valence-electron chi connectivity index (χ3n) is 6.34. The molecule has 0 heterocycles. The molecule has 1 unspecified atom stereocenters. The smallest absolute Gasteiger partial charge is 0.335 e. The first-order valence-electron chi connectivity index (χ1n) is 11.2. The van der Waals surface area contributed by atoms with Crippen molar-refractivity contribution in [3.05, 3.63) is 95.1 Å². The highest BCUT2D eigenvalue weighted by molar-refractivity contribution is 5.88. The van der Waals surface area contributed by atoms with Crippen molar-refractivity contribution in [1.29, 1.82) is 0 Å². The molecule has 2 N–H and O–H groups in total. The molecule has 0 aliphatic heterocycles. The summed E-state index contributed by atoms with van der Waals surface area (Å²) in [6, 6.07) is 23.0. The van der Waals surface area contributed by atoms with E-state index in [1.54, 1.807) is 24.3 Å². The van der Waals surface area contributed by atoms with Gasteiger partial charge in [-0.25, -0.2) is 4.79 Å². The van der Waals surface area contributed by atoms with Gasteiger partial charge in [-0.2, -0.15) is 0 Å². The number of carboxylic acids is 1. The Morgan fingerprint density at radius 3 is 1.75 bits per heavy atom. The molecule has 1 saturated carbocycles. The minimum Gasteiger partial charge on any atom is -0.508 e. The van der Waals surface area contributed by atoms with Gasteiger partial charge in [-0.05, 0) is 82.7 Å². The molecule has 3 aromatic rings. The van der Waals surface area contributed by atoms with Crippen LogP contribution in [-0.4, -0.2) is 16.2 Å². The monoisotopic (exact) mass is 426 g/mol. The van der Waals surface area contributed by atoms with Gasteiger partial charge in [0.2, 0.25) is 0 Å². The van der Waals surface area contributed by atoms with Crippen molar-refractivity contribution in [2.75, 3.05) is 0 Å². The summed E-state index contributed by atoms with van der Waals surface area (Å²) in [5.41, 5.74) is 7.63. The van der Waals surface area contributed by atoms with Gasteiger partial charge in [0.25, 0.3) is 0 Å². The summed E-state index contributed by atoms with van der Waals surface area (Å²) in [6.45, 7) is 7.03. The summed E-state index contributed by atoms with van der Waals surface area (Å²) >= 11 is 0. The molecule has 1 atom stereocenters. The molecule has 0 aromatic heterocycles. The van der Waals surface area contributed by atoms with Gasteiger partial charge in [0, 0.05) is 0 Å². The molecule has 3 heteroatoms. The fraction of sp³-hybridized carbons (Fsp3) is 0.276. The molecule has 1 aliphatic rings. The van der Waals surface area contributed by atoms with Crippen molar-refractivity contribution in [3.8, 4) is 16.9 Å². The number of carbonyl (C=O) groups is 1. The van der Waals surface area contributed by atoms with Crippen molar-refractivity contribution in [1.82, 2.24) is 0 Å². The highest BCUT2D eigenvalue weighted by Gasteiger charge is 2.30. The summed E-state index contributed by atoms with van der Waals surface area (Å²) in [5.74, 6) is -0.00909. The van der Waals surface area contributed by atoms with E-state index in [1.165, 1.54) is 23.1 Å². The van der Waals surface area contributed by atoms with Gasteiger partial charge in [-0.3, -0.25) is 0 Å². The maximum Gasteiger partial charge on any atom is 0.335 e. The lowest BCUT2D eigenvalue weighted by Crippen LogP contribution is -2.23. The SMILES string of the molecule is CC1C/C(=C(/c2ccc(O)cc2)c2ccc(-c3ccc(C(=O)O)cc3)cc2)CC(C)(C)C1. The van der Waals surface area contributed by atoms with Crippen molar-refractivity contribution in [3.63, 3.8) is 0 Å². The molecule has 3 nitrogen and oxygen atoms in total. The van der Waals surface area contributed by atoms with Crippen LogP contribution in [0.1, 0.15) is 61.5 Å². The van der Waals surface area contributed by atoms with Crippen LogP contribution in [0.15, 0.2) is 78.4 Å². The zero-order chi connectivity index (χ0) is 22.9. The van der Waals surface area contributed by atoms with Crippen LogP contribution in [-0.2, 0) is 0 Å². The molecule has 0 saturated heterocycles. The van der Waals surface area contributed by atoms with E-state index in [0.717, 1.165) is 29.5 Å². The number of phenols is 1. The van der Waals surface area contributed by atoms with Crippen molar-refractivity contribution >= 4 is 11.5 Å². The lowest BCUT2D eigenvalue weighted by Gasteiger charge is -2.37. The molecular weight excluding hydrogens is 396 g/mol. The number of allylic oxidation sites excluding steroid dienone is 1. The molecule has 0 amide bonds.